The Bertz CT molecular complexity index is 3640. The van der Waals surface area contributed by atoms with Crippen LogP contribution in [0.3, 0.4) is 0 Å². The number of aliphatic imine (C=N–C) groups is 1. The lowest BCUT2D eigenvalue weighted by Crippen LogP contribution is -2.41. The highest BCUT2D eigenvalue weighted by Gasteiger charge is 2.52. The fourth-order valence-electron chi connectivity index (χ4n) is 10.5. The van der Waals surface area contributed by atoms with Gasteiger partial charge in [-0.1, -0.05) is 176 Å². The van der Waals surface area contributed by atoms with Crippen LogP contribution >= 0.6 is 11.8 Å². The molecule has 4 nitrogen and oxygen atoms in total. The number of hydrogen-bond acceptors (Lipinski definition) is 4. The van der Waals surface area contributed by atoms with Crippen LogP contribution in [0.5, 0.6) is 0 Å². The molecule has 0 spiro atoms. The lowest BCUT2D eigenvalue weighted by Gasteiger charge is -2.39. The summed E-state index contributed by atoms with van der Waals surface area (Å²) in [5.74, 6) is 0.687. The summed E-state index contributed by atoms with van der Waals surface area (Å²) in [6, 6.07) is 78.3. The first kappa shape index (κ1) is 37.7. The molecule has 0 aliphatic carbocycles. The van der Waals surface area contributed by atoms with Crippen LogP contribution in [0.4, 0.5) is 5.69 Å². The van der Waals surface area contributed by atoms with Gasteiger partial charge in [0.05, 0.1) is 39.1 Å². The predicted molar refractivity (Wildman–Crippen MR) is 271 cm³/mol. The molecular weight excluding hydrogens is 809 g/mol. The van der Waals surface area contributed by atoms with E-state index in [-0.39, 0.29) is 10.7 Å². The van der Waals surface area contributed by atoms with Crippen molar-refractivity contribution in [3.63, 3.8) is 0 Å². The van der Waals surface area contributed by atoms with Gasteiger partial charge in [0.1, 0.15) is 0 Å². The number of hydrogen-bond donors (Lipinski definition) is 0. The third kappa shape index (κ3) is 5.96. The Kier molecular flexibility index (Phi) is 8.62. The van der Waals surface area contributed by atoms with Crippen molar-refractivity contribution in [3.8, 4) is 50.7 Å². The molecule has 9 aromatic carbocycles. The van der Waals surface area contributed by atoms with Crippen LogP contribution in [-0.4, -0.2) is 25.5 Å². The van der Waals surface area contributed by atoms with Crippen molar-refractivity contribution in [2.75, 3.05) is 0 Å². The van der Waals surface area contributed by atoms with Crippen LogP contribution in [-0.2, 0) is 5.41 Å². The van der Waals surface area contributed by atoms with Crippen molar-refractivity contribution in [2.45, 2.75) is 22.5 Å². The topological polar surface area (TPSA) is 43.1 Å². The van der Waals surface area contributed by atoms with E-state index >= 15 is 0 Å². The number of aromatic nitrogens is 3. The van der Waals surface area contributed by atoms with Crippen molar-refractivity contribution in [1.29, 1.82) is 0 Å². The maximum atomic E-state index is 5.59. The molecule has 306 valence electrons. The monoisotopic (exact) mass is 848 g/mol. The Balaban J connectivity index is 0.910. The van der Waals surface area contributed by atoms with Gasteiger partial charge >= 0.3 is 0 Å². The van der Waals surface area contributed by atoms with Crippen LogP contribution in [0.1, 0.15) is 23.6 Å². The third-order valence-corrected chi connectivity index (χ3v) is 15.1. The van der Waals surface area contributed by atoms with Crippen molar-refractivity contribution < 1.29 is 0 Å². The highest BCUT2D eigenvalue weighted by atomic mass is 32.2. The fourth-order valence-corrected chi connectivity index (χ4v) is 12.1. The normalized spacial score (nSPS) is 16.3. The molecule has 0 saturated heterocycles. The van der Waals surface area contributed by atoms with Gasteiger partial charge in [-0.15, -0.1) is 11.8 Å². The molecule has 4 heterocycles. The first-order valence-corrected chi connectivity index (χ1v) is 23.1. The minimum atomic E-state index is -0.320. The number of thioether (sulfide) groups is 1. The van der Waals surface area contributed by atoms with Crippen LogP contribution in [0.25, 0.3) is 83.3 Å². The van der Waals surface area contributed by atoms with E-state index in [9.17, 15) is 0 Å². The van der Waals surface area contributed by atoms with Gasteiger partial charge in [0, 0.05) is 49.0 Å². The summed E-state index contributed by atoms with van der Waals surface area (Å²) in [4.78, 5) is 17.4. The second-order valence-electron chi connectivity index (χ2n) is 17.2. The SMILES string of the molecule is CC12c3ccccc3SC1C(c1cccc3ccccc13)=Nc1cccc(-c3ccc(-c4nc(-c5ccccc5)cc(-c5ccc(-n6c7ccccc7c7ccccc76)cc5)n4)cc3)c12. The first-order valence-electron chi connectivity index (χ1n) is 22.2. The van der Waals surface area contributed by atoms with Gasteiger partial charge in [0.15, 0.2) is 5.82 Å². The Labute approximate surface area is 381 Å². The maximum Gasteiger partial charge on any atom is 0.160 e. The van der Waals surface area contributed by atoms with Crippen LogP contribution in [0.2, 0.25) is 0 Å². The van der Waals surface area contributed by atoms with Crippen molar-refractivity contribution in [2.24, 2.45) is 4.99 Å². The van der Waals surface area contributed by atoms with E-state index in [0.29, 0.717) is 5.82 Å². The zero-order valence-corrected chi connectivity index (χ0v) is 36.4. The van der Waals surface area contributed by atoms with E-state index < -0.39 is 0 Å². The van der Waals surface area contributed by atoms with E-state index in [1.807, 2.05) is 17.8 Å². The number of fused-ring (bicyclic) bond motifs is 9. The average molecular weight is 849 g/mol. The quantitative estimate of drug-likeness (QED) is 0.167. The molecule has 2 unspecified atom stereocenters. The zero-order valence-electron chi connectivity index (χ0n) is 35.6. The van der Waals surface area contributed by atoms with Gasteiger partial charge in [-0.2, -0.15) is 0 Å². The smallest absolute Gasteiger partial charge is 0.160 e. The summed E-state index contributed by atoms with van der Waals surface area (Å²) in [6.07, 6.45) is 0. The molecule has 0 radical (unpaired) electrons. The Morgan fingerprint density at radius 3 is 1.80 bits per heavy atom. The van der Waals surface area contributed by atoms with Gasteiger partial charge in [-0.05, 0) is 82.4 Å². The van der Waals surface area contributed by atoms with E-state index in [1.54, 1.807) is 0 Å². The summed E-state index contributed by atoms with van der Waals surface area (Å²) in [5.41, 5.74) is 16.3. The number of para-hydroxylation sites is 2. The molecule has 11 aromatic rings. The summed E-state index contributed by atoms with van der Waals surface area (Å²) in [7, 11) is 0. The van der Waals surface area contributed by atoms with E-state index in [1.165, 1.54) is 59.7 Å². The molecule has 0 N–H and O–H groups in total. The number of benzene rings is 9. The summed E-state index contributed by atoms with van der Waals surface area (Å²) in [6.45, 7) is 2.44. The van der Waals surface area contributed by atoms with Gasteiger partial charge in [0.2, 0.25) is 0 Å². The highest BCUT2D eigenvalue weighted by Crippen LogP contribution is 2.60. The van der Waals surface area contributed by atoms with Crippen molar-refractivity contribution in [3.05, 3.63) is 235 Å². The summed E-state index contributed by atoms with van der Waals surface area (Å²) in [5, 5.41) is 5.06. The molecule has 2 aliphatic heterocycles. The minimum absolute atomic E-state index is 0.0993. The molecule has 0 amide bonds. The Hall–Kier alpha value is -7.86. The van der Waals surface area contributed by atoms with E-state index in [2.05, 4.69) is 224 Å². The van der Waals surface area contributed by atoms with Gasteiger partial charge in [-0.3, -0.25) is 4.99 Å². The molecular formula is C60H40N4S. The Morgan fingerprint density at radius 1 is 0.477 bits per heavy atom. The predicted octanol–water partition coefficient (Wildman–Crippen LogP) is 15.3. The van der Waals surface area contributed by atoms with Crippen LogP contribution in [0.15, 0.2) is 228 Å². The molecule has 0 saturated carbocycles. The van der Waals surface area contributed by atoms with Crippen molar-refractivity contribution in [1.82, 2.24) is 14.5 Å². The van der Waals surface area contributed by atoms with Crippen molar-refractivity contribution >= 4 is 55.7 Å². The Morgan fingerprint density at radius 2 is 1.05 bits per heavy atom. The molecule has 0 fully saturated rings. The average Bonchev–Trinajstić information content (AvgIpc) is 3.88. The molecule has 2 aliphatic rings. The fraction of sp³-hybridized carbons (Fsp3) is 0.0500. The molecule has 5 heteroatoms. The van der Waals surface area contributed by atoms with E-state index in [4.69, 9.17) is 15.0 Å². The van der Waals surface area contributed by atoms with Crippen LogP contribution < -0.4 is 0 Å². The molecule has 0 bridgehead atoms. The lowest BCUT2D eigenvalue weighted by molar-refractivity contribution is 0.610. The first-order chi connectivity index (χ1) is 32.1. The number of rotatable bonds is 6. The third-order valence-electron chi connectivity index (χ3n) is 13.6. The molecule has 65 heavy (non-hydrogen) atoms. The second-order valence-corrected chi connectivity index (χ2v) is 18.4. The highest BCUT2D eigenvalue weighted by molar-refractivity contribution is 8.01. The number of nitrogens with zero attached hydrogens (tertiary/aromatic N) is 4. The maximum absolute atomic E-state index is 5.59. The molecule has 2 atom stereocenters. The van der Waals surface area contributed by atoms with Gasteiger partial charge in [-0.25, -0.2) is 9.97 Å². The second kappa shape index (κ2) is 14.9. The minimum Gasteiger partial charge on any atom is -0.309 e. The summed E-state index contributed by atoms with van der Waals surface area (Å²) < 4.78 is 2.35. The summed E-state index contributed by atoms with van der Waals surface area (Å²) >= 11 is 1.95. The zero-order chi connectivity index (χ0) is 43.1. The lowest BCUT2D eigenvalue weighted by atomic mass is 9.67. The molecule has 13 rings (SSSR count). The standard InChI is InChI=1S/C60H40N4S/c1-60-49-24-9-12-28-55(49)65-58(60)57(48-23-13-18-38-15-5-6-19-44(38)48)61-50-25-14-22-45(56(50)60)39-29-31-42(32-30-39)59-62-51(40-16-3-2-4-17-40)37-52(63-59)41-33-35-43(36-34-41)64-53-26-10-7-20-46(53)47-21-8-11-27-54(47)64/h2-37,58H,1H3. The van der Waals surface area contributed by atoms with Crippen LogP contribution in [0, 0.1) is 0 Å². The van der Waals surface area contributed by atoms with E-state index in [0.717, 1.165) is 50.7 Å². The largest absolute Gasteiger partial charge is 0.309 e. The van der Waals surface area contributed by atoms with Gasteiger partial charge < -0.3 is 4.57 Å². The van der Waals surface area contributed by atoms with Gasteiger partial charge in [0.25, 0.3) is 0 Å². The molecule has 2 aromatic heterocycles.